The summed E-state index contributed by atoms with van der Waals surface area (Å²) in [5.41, 5.74) is 1.15. The largest absolute Gasteiger partial charge is 0.468 e. The summed E-state index contributed by atoms with van der Waals surface area (Å²) in [6.07, 6.45) is 6.03. The molecule has 4 heterocycles. The number of furan rings is 1. The molecule has 1 saturated heterocycles. The molecule has 0 aromatic carbocycles. The van der Waals surface area contributed by atoms with E-state index in [1.54, 1.807) is 6.26 Å². The van der Waals surface area contributed by atoms with Gasteiger partial charge in [-0.3, -0.25) is 9.69 Å². The first-order valence-electron chi connectivity index (χ1n) is 9.98. The third kappa shape index (κ3) is 3.56. The first-order valence-corrected chi connectivity index (χ1v) is 9.98. The fourth-order valence-corrected chi connectivity index (χ4v) is 3.95. The highest BCUT2D eigenvalue weighted by molar-refractivity contribution is 5.99. The van der Waals surface area contributed by atoms with Crippen molar-refractivity contribution in [2.45, 2.75) is 45.1 Å². The number of imidazole rings is 1. The smallest absolute Gasteiger partial charge is 0.272 e. The Morgan fingerprint density at radius 3 is 2.68 bits per heavy atom. The number of nitrogens with zero attached hydrogens (tertiary/aromatic N) is 3. The van der Waals surface area contributed by atoms with Gasteiger partial charge in [-0.05, 0) is 50.2 Å². The molecule has 4 rings (SSSR count). The van der Waals surface area contributed by atoms with Crippen LogP contribution in [0.25, 0.3) is 5.52 Å². The van der Waals surface area contributed by atoms with Crippen LogP contribution >= 0.6 is 0 Å². The summed E-state index contributed by atoms with van der Waals surface area (Å²) in [6.45, 7) is 8.89. The maximum Gasteiger partial charge on any atom is 0.272 e. The summed E-state index contributed by atoms with van der Waals surface area (Å²) < 4.78 is 7.67. The highest BCUT2D eigenvalue weighted by Crippen LogP contribution is 2.26. The van der Waals surface area contributed by atoms with Gasteiger partial charge >= 0.3 is 0 Å². The molecule has 0 bridgehead atoms. The molecule has 148 valence electrons. The number of likely N-dealkylation sites (tertiary alicyclic amines) is 1. The molecule has 1 atom stereocenters. The summed E-state index contributed by atoms with van der Waals surface area (Å²) in [4.78, 5) is 20.1. The van der Waals surface area contributed by atoms with E-state index >= 15 is 0 Å². The summed E-state index contributed by atoms with van der Waals surface area (Å²) in [5.74, 6) is 1.64. The van der Waals surface area contributed by atoms with E-state index in [1.807, 2.05) is 40.9 Å². The van der Waals surface area contributed by atoms with E-state index < -0.39 is 0 Å². The predicted molar refractivity (Wildman–Crippen MR) is 108 cm³/mol. The molecule has 0 saturated carbocycles. The number of pyridine rings is 1. The first kappa shape index (κ1) is 18.7. The van der Waals surface area contributed by atoms with Crippen LogP contribution in [0.3, 0.4) is 0 Å². The van der Waals surface area contributed by atoms with Gasteiger partial charge in [0.15, 0.2) is 5.69 Å². The van der Waals surface area contributed by atoms with Crippen LogP contribution in [-0.4, -0.2) is 39.8 Å². The fourth-order valence-electron chi connectivity index (χ4n) is 3.95. The molecule has 3 aromatic heterocycles. The van der Waals surface area contributed by atoms with Gasteiger partial charge in [-0.15, -0.1) is 0 Å². The van der Waals surface area contributed by atoms with Gasteiger partial charge in [0, 0.05) is 18.2 Å². The maximum absolute atomic E-state index is 13.1. The van der Waals surface area contributed by atoms with Crippen molar-refractivity contribution in [3.8, 4) is 0 Å². The Morgan fingerprint density at radius 1 is 1.21 bits per heavy atom. The lowest BCUT2D eigenvalue weighted by Crippen LogP contribution is -2.36. The van der Waals surface area contributed by atoms with Crippen LogP contribution in [0.5, 0.6) is 0 Å². The molecule has 1 aliphatic rings. The SMILES string of the molecule is CC(C)(C)c1nc(C(=O)NCC(c2ccco2)N2CCCC2)c2ccccn12. The van der Waals surface area contributed by atoms with Gasteiger partial charge in [0.05, 0.1) is 17.8 Å². The molecule has 0 radical (unpaired) electrons. The quantitative estimate of drug-likeness (QED) is 0.731. The monoisotopic (exact) mass is 380 g/mol. The molecule has 1 N–H and O–H groups in total. The number of hydrogen-bond donors (Lipinski definition) is 1. The van der Waals surface area contributed by atoms with Crippen molar-refractivity contribution in [1.29, 1.82) is 0 Å². The summed E-state index contributed by atoms with van der Waals surface area (Å²) in [5, 5.41) is 3.10. The fraction of sp³-hybridized carbons (Fsp3) is 0.455. The lowest BCUT2D eigenvalue weighted by molar-refractivity contribution is 0.0930. The van der Waals surface area contributed by atoms with Gasteiger partial charge in [-0.1, -0.05) is 26.8 Å². The molecule has 28 heavy (non-hydrogen) atoms. The van der Waals surface area contributed by atoms with Crippen molar-refractivity contribution in [2.24, 2.45) is 0 Å². The number of hydrogen-bond acceptors (Lipinski definition) is 4. The van der Waals surface area contributed by atoms with Crippen LogP contribution in [0.2, 0.25) is 0 Å². The Bertz CT molecular complexity index is 947. The minimum absolute atomic E-state index is 0.0532. The van der Waals surface area contributed by atoms with E-state index in [1.165, 1.54) is 12.8 Å². The highest BCUT2D eigenvalue weighted by Gasteiger charge is 2.28. The molecule has 6 nitrogen and oxygen atoms in total. The zero-order valence-corrected chi connectivity index (χ0v) is 16.8. The minimum atomic E-state index is -0.158. The second-order valence-corrected chi connectivity index (χ2v) is 8.47. The topological polar surface area (TPSA) is 62.8 Å². The van der Waals surface area contributed by atoms with Crippen LogP contribution in [0, 0.1) is 0 Å². The molecule has 1 fully saturated rings. The molecule has 1 aliphatic heterocycles. The first-order chi connectivity index (χ1) is 13.4. The Labute approximate surface area is 165 Å². The summed E-state index contributed by atoms with van der Waals surface area (Å²) in [6, 6.07) is 9.79. The number of fused-ring (bicyclic) bond motifs is 1. The standard InChI is InChI=1S/C22H28N4O2/c1-22(2,3)21-24-19(16-9-4-5-13-26(16)21)20(27)23-15-17(18-10-8-14-28-18)25-11-6-7-12-25/h4-5,8-10,13-14,17H,6-7,11-12,15H2,1-3H3,(H,23,27). The van der Waals surface area contributed by atoms with E-state index in [0.29, 0.717) is 12.2 Å². The Balaban J connectivity index is 1.58. The van der Waals surface area contributed by atoms with Gasteiger partial charge in [0.25, 0.3) is 5.91 Å². The van der Waals surface area contributed by atoms with E-state index in [0.717, 1.165) is 30.2 Å². The molecule has 3 aromatic rings. The number of carbonyl (C=O) groups excluding carboxylic acids is 1. The van der Waals surface area contributed by atoms with Crippen molar-refractivity contribution in [1.82, 2.24) is 19.6 Å². The van der Waals surface area contributed by atoms with Gasteiger partial charge in [0.1, 0.15) is 11.6 Å². The van der Waals surface area contributed by atoms with Crippen LogP contribution < -0.4 is 5.32 Å². The molecule has 0 aliphatic carbocycles. The third-order valence-electron chi connectivity index (χ3n) is 5.34. The van der Waals surface area contributed by atoms with Crippen molar-refractivity contribution < 1.29 is 9.21 Å². The zero-order valence-electron chi connectivity index (χ0n) is 16.8. The molecule has 1 amide bonds. The molecular weight excluding hydrogens is 352 g/mol. The average Bonchev–Trinajstić information content (AvgIpc) is 3.41. The number of rotatable bonds is 5. The summed E-state index contributed by atoms with van der Waals surface area (Å²) >= 11 is 0. The lowest BCUT2D eigenvalue weighted by Gasteiger charge is -2.25. The zero-order chi connectivity index (χ0) is 19.7. The number of carbonyl (C=O) groups is 1. The van der Waals surface area contributed by atoms with Crippen molar-refractivity contribution in [3.05, 3.63) is 60.1 Å². The lowest BCUT2D eigenvalue weighted by atomic mass is 9.96. The number of nitrogens with one attached hydrogen (secondary N) is 1. The second kappa shape index (κ2) is 7.43. The second-order valence-electron chi connectivity index (χ2n) is 8.47. The Kier molecular flexibility index (Phi) is 4.98. The van der Waals surface area contributed by atoms with E-state index in [-0.39, 0.29) is 17.4 Å². The van der Waals surface area contributed by atoms with Crippen molar-refractivity contribution in [3.63, 3.8) is 0 Å². The van der Waals surface area contributed by atoms with Crippen LogP contribution in [0.4, 0.5) is 0 Å². The number of amides is 1. The normalized spacial score (nSPS) is 16.5. The van der Waals surface area contributed by atoms with E-state index in [2.05, 4.69) is 31.0 Å². The van der Waals surface area contributed by atoms with Crippen LogP contribution in [-0.2, 0) is 5.41 Å². The van der Waals surface area contributed by atoms with Gasteiger partial charge in [-0.25, -0.2) is 4.98 Å². The molecular formula is C22H28N4O2. The highest BCUT2D eigenvalue weighted by atomic mass is 16.3. The van der Waals surface area contributed by atoms with Crippen molar-refractivity contribution in [2.75, 3.05) is 19.6 Å². The van der Waals surface area contributed by atoms with Crippen molar-refractivity contribution >= 4 is 11.4 Å². The molecule has 1 unspecified atom stereocenters. The Morgan fingerprint density at radius 2 is 2.00 bits per heavy atom. The predicted octanol–water partition coefficient (Wildman–Crippen LogP) is 3.79. The number of aromatic nitrogens is 2. The van der Waals surface area contributed by atoms with E-state index in [4.69, 9.17) is 9.40 Å². The van der Waals surface area contributed by atoms with Gasteiger partial charge in [-0.2, -0.15) is 0 Å². The van der Waals surface area contributed by atoms with E-state index in [9.17, 15) is 4.79 Å². The molecule has 6 heteroatoms. The molecule has 0 spiro atoms. The third-order valence-corrected chi connectivity index (χ3v) is 5.34. The van der Waals surface area contributed by atoms with Gasteiger partial charge in [0.2, 0.25) is 0 Å². The summed E-state index contributed by atoms with van der Waals surface area (Å²) in [7, 11) is 0. The minimum Gasteiger partial charge on any atom is -0.468 e. The average molecular weight is 380 g/mol. The van der Waals surface area contributed by atoms with Crippen LogP contribution in [0.1, 0.15) is 61.7 Å². The van der Waals surface area contributed by atoms with Gasteiger partial charge < -0.3 is 14.1 Å². The van der Waals surface area contributed by atoms with Crippen LogP contribution in [0.15, 0.2) is 47.2 Å². The Hall–Kier alpha value is -2.60. The maximum atomic E-state index is 13.1.